The van der Waals surface area contributed by atoms with Crippen molar-refractivity contribution in [2.45, 2.75) is 19.3 Å². The van der Waals surface area contributed by atoms with Crippen LogP contribution in [-0.2, 0) is 5.41 Å². The molecule has 0 atom stereocenters. The Bertz CT molecular complexity index is 667. The summed E-state index contributed by atoms with van der Waals surface area (Å²) in [5.41, 5.74) is 5.01. The maximum absolute atomic E-state index is 4.03. The minimum absolute atomic E-state index is 0. The number of halogens is 1. The Hall–Kier alpha value is -1.43. The number of benzene rings is 1. The third kappa shape index (κ3) is 2.32. The molecule has 0 spiro atoms. The topological polar surface area (TPSA) is 31.7 Å². The van der Waals surface area contributed by atoms with Crippen molar-refractivity contribution in [3.63, 3.8) is 0 Å². The quantitative estimate of drug-likeness (QED) is 0.584. The van der Waals surface area contributed by atoms with Gasteiger partial charge in [-0.3, -0.25) is 0 Å². The Morgan fingerprint density at radius 2 is 1.95 bits per heavy atom. The minimum Gasteiger partial charge on any atom is -1.00 e. The van der Waals surface area contributed by atoms with Crippen molar-refractivity contribution in [3.05, 3.63) is 54.1 Å². The van der Waals surface area contributed by atoms with Crippen LogP contribution in [0, 0.1) is 0 Å². The number of nitrogens with zero attached hydrogens (tertiary/aromatic N) is 2. The summed E-state index contributed by atoms with van der Waals surface area (Å²) in [6.45, 7) is 4.53. The number of hydrogen-bond donors (Lipinski definition) is 1. The lowest BCUT2D eigenvalue weighted by Gasteiger charge is -2.15. The molecule has 0 bridgehead atoms. The fourth-order valence-electron chi connectivity index (χ4n) is 2.83. The van der Waals surface area contributed by atoms with E-state index in [4.69, 9.17) is 0 Å². The van der Waals surface area contributed by atoms with E-state index in [1.54, 1.807) is 6.33 Å². The number of fused-ring (bicyclic) bond motifs is 1. The summed E-state index contributed by atoms with van der Waals surface area (Å²) < 4.78 is 2.27. The Labute approximate surface area is 136 Å². The van der Waals surface area contributed by atoms with Crippen LogP contribution >= 0.6 is 0 Å². The number of aromatic nitrogens is 2. The molecule has 0 aliphatic carbocycles. The average molecular weight is 379 g/mol. The van der Waals surface area contributed by atoms with E-state index in [-0.39, 0.29) is 29.4 Å². The third-order valence-electron chi connectivity index (χ3n) is 3.88. The molecule has 1 aliphatic rings. The number of rotatable bonds is 2. The zero-order chi connectivity index (χ0) is 13.5. The summed E-state index contributed by atoms with van der Waals surface area (Å²) >= 11 is 0. The standard InChI is InChI=1S/C16H17N3.HI/c1-16(2)13-6-4-5-7-14(13)19(3)15(16)9-8-12-10-17-11-18-12;/h4-11H,1-3H3;1H. The first-order valence-electron chi connectivity index (χ1n) is 6.48. The number of H-pyrrole nitrogens is 1. The molecule has 1 aromatic heterocycles. The number of allylic oxidation sites excluding steroid dienone is 1. The average Bonchev–Trinajstić information content (AvgIpc) is 2.97. The van der Waals surface area contributed by atoms with E-state index >= 15 is 0 Å². The molecule has 1 N–H and O–H groups in total. The van der Waals surface area contributed by atoms with Crippen LogP contribution in [0.3, 0.4) is 0 Å². The molecule has 3 rings (SSSR count). The van der Waals surface area contributed by atoms with Gasteiger partial charge in [-0.1, -0.05) is 18.2 Å². The first-order chi connectivity index (χ1) is 9.10. The Balaban J connectivity index is 0.00000147. The summed E-state index contributed by atoms with van der Waals surface area (Å²) in [4.78, 5) is 7.13. The van der Waals surface area contributed by atoms with Crippen LogP contribution in [-0.4, -0.2) is 27.3 Å². The largest absolute Gasteiger partial charge is 1.00 e. The second-order valence-electron chi connectivity index (χ2n) is 5.43. The summed E-state index contributed by atoms with van der Waals surface area (Å²) in [5.74, 6) is 0. The molecule has 104 valence electrons. The number of aromatic amines is 1. The monoisotopic (exact) mass is 379 g/mol. The van der Waals surface area contributed by atoms with Crippen molar-refractivity contribution in [2.24, 2.45) is 0 Å². The zero-order valence-electron chi connectivity index (χ0n) is 11.9. The Morgan fingerprint density at radius 3 is 2.60 bits per heavy atom. The van der Waals surface area contributed by atoms with Gasteiger partial charge in [-0.05, 0) is 19.9 Å². The normalized spacial score (nSPS) is 16.4. The zero-order valence-corrected chi connectivity index (χ0v) is 14.0. The fourth-order valence-corrected chi connectivity index (χ4v) is 2.83. The molecule has 0 saturated carbocycles. The van der Waals surface area contributed by atoms with Crippen LogP contribution in [0.15, 0.2) is 42.9 Å². The van der Waals surface area contributed by atoms with Gasteiger partial charge in [0.15, 0.2) is 5.71 Å². The molecule has 2 heterocycles. The lowest BCUT2D eigenvalue weighted by atomic mass is 9.81. The molecule has 3 nitrogen and oxygen atoms in total. The number of nitrogens with one attached hydrogen (secondary N) is 1. The molecule has 1 aliphatic heterocycles. The molecule has 0 fully saturated rings. The van der Waals surface area contributed by atoms with Gasteiger partial charge in [-0.15, -0.1) is 0 Å². The number of hydrogen-bond acceptors (Lipinski definition) is 1. The van der Waals surface area contributed by atoms with Crippen LogP contribution in [0.5, 0.6) is 0 Å². The van der Waals surface area contributed by atoms with Gasteiger partial charge >= 0.3 is 0 Å². The SMILES string of the molecule is C[N+]1=C(C=Cc2cnc[nH]2)C(C)(C)c2ccccc21.[I-]. The first kappa shape index (κ1) is 15.0. The molecule has 0 radical (unpaired) electrons. The molecule has 0 saturated heterocycles. The summed E-state index contributed by atoms with van der Waals surface area (Å²) in [6.07, 6.45) is 7.77. The lowest BCUT2D eigenvalue weighted by molar-refractivity contribution is -0.401. The van der Waals surface area contributed by atoms with Gasteiger partial charge in [0.05, 0.1) is 23.6 Å². The van der Waals surface area contributed by atoms with Gasteiger partial charge in [0.2, 0.25) is 5.69 Å². The number of imidazole rings is 1. The van der Waals surface area contributed by atoms with Gasteiger partial charge in [-0.25, -0.2) is 4.98 Å². The molecule has 4 heteroatoms. The highest BCUT2D eigenvalue weighted by Gasteiger charge is 2.42. The van der Waals surface area contributed by atoms with E-state index < -0.39 is 0 Å². The van der Waals surface area contributed by atoms with E-state index in [0.717, 1.165) is 5.69 Å². The molecular formula is C16H18IN3. The molecule has 0 unspecified atom stereocenters. The predicted molar refractivity (Wildman–Crippen MR) is 77.9 cm³/mol. The summed E-state index contributed by atoms with van der Waals surface area (Å²) in [6, 6.07) is 8.58. The summed E-state index contributed by atoms with van der Waals surface area (Å²) in [5, 5.41) is 0. The smallest absolute Gasteiger partial charge is 0.209 e. The maximum atomic E-state index is 4.03. The second kappa shape index (κ2) is 5.52. The Kier molecular flexibility index (Phi) is 4.13. The van der Waals surface area contributed by atoms with Gasteiger partial charge in [-0.2, -0.15) is 4.58 Å². The molecular weight excluding hydrogens is 361 g/mol. The molecule has 1 aromatic carbocycles. The highest BCUT2D eigenvalue weighted by Crippen LogP contribution is 2.38. The van der Waals surface area contributed by atoms with Crippen molar-refractivity contribution in [3.8, 4) is 0 Å². The van der Waals surface area contributed by atoms with E-state index in [0.29, 0.717) is 0 Å². The fraction of sp³-hybridized carbons (Fsp3) is 0.250. The van der Waals surface area contributed by atoms with Crippen molar-refractivity contribution >= 4 is 17.5 Å². The van der Waals surface area contributed by atoms with Crippen LogP contribution in [0.4, 0.5) is 5.69 Å². The third-order valence-corrected chi connectivity index (χ3v) is 3.88. The predicted octanol–water partition coefficient (Wildman–Crippen LogP) is 0.133. The van der Waals surface area contributed by atoms with Crippen LogP contribution in [0.25, 0.3) is 6.08 Å². The van der Waals surface area contributed by atoms with Gasteiger partial charge < -0.3 is 29.0 Å². The van der Waals surface area contributed by atoms with E-state index in [1.807, 2.05) is 6.20 Å². The van der Waals surface area contributed by atoms with Crippen molar-refractivity contribution < 1.29 is 28.6 Å². The lowest BCUT2D eigenvalue weighted by Crippen LogP contribution is -3.00. The minimum atomic E-state index is 0. The van der Waals surface area contributed by atoms with E-state index in [1.165, 1.54) is 17.0 Å². The van der Waals surface area contributed by atoms with Crippen molar-refractivity contribution in [2.75, 3.05) is 7.05 Å². The van der Waals surface area contributed by atoms with Crippen LogP contribution in [0.1, 0.15) is 25.1 Å². The molecule has 20 heavy (non-hydrogen) atoms. The summed E-state index contributed by atoms with van der Waals surface area (Å²) in [7, 11) is 2.13. The molecule has 0 amide bonds. The maximum Gasteiger partial charge on any atom is 0.209 e. The first-order valence-corrected chi connectivity index (χ1v) is 6.48. The van der Waals surface area contributed by atoms with Crippen molar-refractivity contribution in [1.82, 2.24) is 9.97 Å². The van der Waals surface area contributed by atoms with E-state index in [9.17, 15) is 0 Å². The van der Waals surface area contributed by atoms with Crippen LogP contribution in [0.2, 0.25) is 0 Å². The molecule has 2 aromatic rings. The second-order valence-corrected chi connectivity index (χ2v) is 5.43. The number of para-hydroxylation sites is 1. The Morgan fingerprint density at radius 1 is 1.20 bits per heavy atom. The van der Waals surface area contributed by atoms with Gasteiger partial charge in [0, 0.05) is 17.7 Å². The van der Waals surface area contributed by atoms with Crippen LogP contribution < -0.4 is 24.0 Å². The highest BCUT2D eigenvalue weighted by molar-refractivity contribution is 6.05. The van der Waals surface area contributed by atoms with Crippen molar-refractivity contribution in [1.29, 1.82) is 0 Å². The van der Waals surface area contributed by atoms with E-state index in [2.05, 4.69) is 71.9 Å². The highest BCUT2D eigenvalue weighted by atomic mass is 127. The van der Waals surface area contributed by atoms with Gasteiger partial charge in [0.25, 0.3) is 0 Å². The van der Waals surface area contributed by atoms with Gasteiger partial charge in [0.1, 0.15) is 7.05 Å².